The van der Waals surface area contributed by atoms with Gasteiger partial charge >= 0.3 is 0 Å². The predicted octanol–water partition coefficient (Wildman–Crippen LogP) is 7.00. The zero-order valence-electron chi connectivity index (χ0n) is 17.1. The Hall–Kier alpha value is -3.17. The fourth-order valence-electron chi connectivity index (χ4n) is 3.40. The summed E-state index contributed by atoms with van der Waals surface area (Å²) in [5.41, 5.74) is 4.34. The molecule has 0 aliphatic carbocycles. The van der Waals surface area contributed by atoms with Gasteiger partial charge in [0, 0.05) is 28.7 Å². The van der Waals surface area contributed by atoms with Crippen molar-refractivity contribution in [3.05, 3.63) is 101 Å². The van der Waals surface area contributed by atoms with Gasteiger partial charge in [0.15, 0.2) is 11.5 Å². The van der Waals surface area contributed by atoms with E-state index in [9.17, 15) is 0 Å². The summed E-state index contributed by atoms with van der Waals surface area (Å²) in [5.74, 6) is 1.30. The average molecular weight is 418 g/mol. The number of aryl methyl sites for hydroxylation is 1. The van der Waals surface area contributed by atoms with E-state index in [-0.39, 0.29) is 0 Å². The number of hydrogen-bond acceptors (Lipinski definition) is 3. The molecule has 0 spiro atoms. The Morgan fingerprint density at radius 1 is 0.867 bits per heavy atom. The summed E-state index contributed by atoms with van der Waals surface area (Å²) >= 11 is 6.57. The van der Waals surface area contributed by atoms with E-state index in [2.05, 4.69) is 66.8 Å². The summed E-state index contributed by atoms with van der Waals surface area (Å²) in [6.07, 6.45) is 0. The number of hydrogen-bond donors (Lipinski definition) is 1. The SMILES string of the molecule is COc1cc(CNc2cccc3ccccc23)c(Cl)cc1OCc1ccc(C)cc1. The molecule has 0 saturated heterocycles. The van der Waals surface area contributed by atoms with E-state index in [1.54, 1.807) is 7.11 Å². The van der Waals surface area contributed by atoms with Gasteiger partial charge in [0.25, 0.3) is 0 Å². The number of methoxy groups -OCH3 is 1. The van der Waals surface area contributed by atoms with Gasteiger partial charge in [-0.2, -0.15) is 0 Å². The maximum absolute atomic E-state index is 6.57. The van der Waals surface area contributed by atoms with Crippen LogP contribution in [0.25, 0.3) is 10.8 Å². The first-order chi connectivity index (χ1) is 14.6. The average Bonchev–Trinajstić information content (AvgIpc) is 2.78. The fraction of sp³-hybridized carbons (Fsp3) is 0.154. The van der Waals surface area contributed by atoms with E-state index in [0.717, 1.165) is 16.8 Å². The van der Waals surface area contributed by atoms with Crippen LogP contribution in [0.2, 0.25) is 5.02 Å². The lowest BCUT2D eigenvalue weighted by Crippen LogP contribution is -2.03. The summed E-state index contributed by atoms with van der Waals surface area (Å²) in [6, 6.07) is 26.6. The van der Waals surface area contributed by atoms with Crippen molar-refractivity contribution in [1.82, 2.24) is 0 Å². The smallest absolute Gasteiger partial charge is 0.163 e. The minimum atomic E-state index is 0.459. The Morgan fingerprint density at radius 2 is 1.63 bits per heavy atom. The van der Waals surface area contributed by atoms with Crippen molar-refractivity contribution in [2.75, 3.05) is 12.4 Å². The Kier molecular flexibility index (Phi) is 6.10. The summed E-state index contributed by atoms with van der Waals surface area (Å²) < 4.78 is 11.5. The van der Waals surface area contributed by atoms with Crippen LogP contribution < -0.4 is 14.8 Å². The molecular formula is C26H24ClNO2. The number of nitrogens with one attached hydrogen (secondary N) is 1. The van der Waals surface area contributed by atoms with Crippen LogP contribution in [-0.2, 0) is 13.2 Å². The third-order valence-electron chi connectivity index (χ3n) is 5.11. The van der Waals surface area contributed by atoms with Gasteiger partial charge in [0.2, 0.25) is 0 Å². The molecule has 4 aromatic rings. The molecule has 0 aromatic heterocycles. The van der Waals surface area contributed by atoms with E-state index in [0.29, 0.717) is 29.7 Å². The van der Waals surface area contributed by atoms with Crippen LogP contribution in [0, 0.1) is 6.92 Å². The third kappa shape index (κ3) is 4.52. The standard InChI is InChI=1S/C26H24ClNO2/c1-18-10-12-19(13-11-18)17-30-26-15-23(27)21(14-25(26)29-2)16-28-24-9-5-7-20-6-3-4-8-22(20)24/h3-15,28H,16-17H2,1-2H3. The maximum Gasteiger partial charge on any atom is 0.163 e. The highest BCUT2D eigenvalue weighted by Gasteiger charge is 2.12. The van der Waals surface area contributed by atoms with Gasteiger partial charge in [-0.25, -0.2) is 0 Å². The molecule has 0 unspecified atom stereocenters. The first kappa shape index (κ1) is 20.1. The normalized spacial score (nSPS) is 10.8. The van der Waals surface area contributed by atoms with Crippen LogP contribution in [0.4, 0.5) is 5.69 Å². The lowest BCUT2D eigenvalue weighted by Gasteiger charge is -2.15. The Morgan fingerprint density at radius 3 is 2.43 bits per heavy atom. The third-order valence-corrected chi connectivity index (χ3v) is 5.46. The predicted molar refractivity (Wildman–Crippen MR) is 125 cm³/mol. The molecule has 0 fully saturated rings. The molecule has 3 nitrogen and oxygen atoms in total. The van der Waals surface area contributed by atoms with E-state index in [1.807, 2.05) is 24.3 Å². The zero-order valence-corrected chi connectivity index (χ0v) is 17.9. The Labute approximate surface area is 182 Å². The molecule has 0 bridgehead atoms. The van der Waals surface area contributed by atoms with Crippen molar-refractivity contribution in [2.24, 2.45) is 0 Å². The van der Waals surface area contributed by atoms with Gasteiger partial charge in [0.1, 0.15) is 6.61 Å². The molecule has 0 amide bonds. The van der Waals surface area contributed by atoms with Gasteiger partial charge in [-0.1, -0.05) is 77.8 Å². The number of benzene rings is 4. The van der Waals surface area contributed by atoms with Gasteiger partial charge < -0.3 is 14.8 Å². The lowest BCUT2D eigenvalue weighted by molar-refractivity contribution is 0.284. The molecule has 0 aliphatic rings. The molecule has 4 heteroatoms. The second kappa shape index (κ2) is 9.10. The quantitative estimate of drug-likeness (QED) is 0.351. The second-order valence-corrected chi connectivity index (χ2v) is 7.66. The maximum atomic E-state index is 6.57. The minimum absolute atomic E-state index is 0.459. The molecule has 0 heterocycles. The minimum Gasteiger partial charge on any atom is -0.493 e. The Balaban J connectivity index is 1.50. The molecule has 152 valence electrons. The van der Waals surface area contributed by atoms with Crippen molar-refractivity contribution in [1.29, 1.82) is 0 Å². The number of fused-ring (bicyclic) bond motifs is 1. The highest BCUT2D eigenvalue weighted by Crippen LogP contribution is 2.34. The zero-order chi connectivity index (χ0) is 20.9. The Bertz CT molecular complexity index is 1150. The number of halogens is 1. The van der Waals surface area contributed by atoms with Crippen molar-refractivity contribution >= 4 is 28.1 Å². The van der Waals surface area contributed by atoms with Gasteiger partial charge in [-0.05, 0) is 35.6 Å². The first-order valence-electron chi connectivity index (χ1n) is 9.90. The lowest BCUT2D eigenvalue weighted by atomic mass is 10.1. The summed E-state index contributed by atoms with van der Waals surface area (Å²) in [7, 11) is 1.64. The number of anilines is 1. The van der Waals surface area contributed by atoms with Crippen molar-refractivity contribution < 1.29 is 9.47 Å². The summed E-state index contributed by atoms with van der Waals surface area (Å²) in [5, 5.41) is 6.52. The monoisotopic (exact) mass is 417 g/mol. The highest BCUT2D eigenvalue weighted by molar-refractivity contribution is 6.31. The van der Waals surface area contributed by atoms with Gasteiger partial charge in [-0.15, -0.1) is 0 Å². The van der Waals surface area contributed by atoms with Crippen LogP contribution >= 0.6 is 11.6 Å². The molecule has 0 atom stereocenters. The van der Waals surface area contributed by atoms with Crippen LogP contribution in [0.15, 0.2) is 78.9 Å². The molecule has 4 rings (SSSR count). The topological polar surface area (TPSA) is 30.5 Å². The van der Waals surface area contributed by atoms with Gasteiger partial charge in [0.05, 0.1) is 7.11 Å². The van der Waals surface area contributed by atoms with E-state index in [4.69, 9.17) is 21.1 Å². The van der Waals surface area contributed by atoms with Gasteiger partial charge in [-0.3, -0.25) is 0 Å². The van der Waals surface area contributed by atoms with E-state index >= 15 is 0 Å². The first-order valence-corrected chi connectivity index (χ1v) is 10.3. The van der Waals surface area contributed by atoms with Crippen LogP contribution in [-0.4, -0.2) is 7.11 Å². The molecule has 0 aliphatic heterocycles. The molecule has 4 aromatic carbocycles. The molecule has 30 heavy (non-hydrogen) atoms. The number of rotatable bonds is 7. The largest absolute Gasteiger partial charge is 0.493 e. The van der Waals surface area contributed by atoms with Crippen LogP contribution in [0.3, 0.4) is 0 Å². The summed E-state index contributed by atoms with van der Waals surface area (Å²) in [6.45, 7) is 3.11. The molecule has 0 radical (unpaired) electrons. The van der Waals surface area contributed by atoms with Crippen LogP contribution in [0.5, 0.6) is 11.5 Å². The molecule has 0 saturated carbocycles. The van der Waals surface area contributed by atoms with Crippen LogP contribution in [0.1, 0.15) is 16.7 Å². The molecule has 1 N–H and O–H groups in total. The van der Waals surface area contributed by atoms with Crippen molar-refractivity contribution in [2.45, 2.75) is 20.1 Å². The van der Waals surface area contributed by atoms with E-state index < -0.39 is 0 Å². The van der Waals surface area contributed by atoms with Crippen molar-refractivity contribution in [3.8, 4) is 11.5 Å². The number of ether oxygens (including phenoxy) is 2. The highest BCUT2D eigenvalue weighted by atomic mass is 35.5. The molecular weight excluding hydrogens is 394 g/mol. The fourth-order valence-corrected chi connectivity index (χ4v) is 3.62. The van der Waals surface area contributed by atoms with Crippen molar-refractivity contribution in [3.63, 3.8) is 0 Å². The second-order valence-electron chi connectivity index (χ2n) is 7.25. The van der Waals surface area contributed by atoms with E-state index in [1.165, 1.54) is 16.3 Å². The summed E-state index contributed by atoms with van der Waals surface area (Å²) in [4.78, 5) is 0.